The minimum Gasteiger partial charge on any atom is -0.507 e. The Balaban J connectivity index is 1.77. The van der Waals surface area contributed by atoms with Crippen LogP contribution in [0, 0.1) is 11.3 Å². The molecule has 0 aliphatic rings. The predicted octanol–water partition coefficient (Wildman–Crippen LogP) is 7.19. The number of fused-ring (bicyclic) bond motifs is 1. The first-order valence-corrected chi connectivity index (χ1v) is 14.0. The summed E-state index contributed by atoms with van der Waals surface area (Å²) in [6, 6.07) is 19.4. The monoisotopic (exact) mass is 541 g/mol. The van der Waals surface area contributed by atoms with Gasteiger partial charge in [-0.1, -0.05) is 85.7 Å². The van der Waals surface area contributed by atoms with E-state index in [1.165, 1.54) is 0 Å². The molecule has 6 heteroatoms. The summed E-state index contributed by atoms with van der Waals surface area (Å²) in [5, 5.41) is 20.2. The van der Waals surface area contributed by atoms with Crippen molar-refractivity contribution in [1.82, 2.24) is 9.13 Å². The van der Waals surface area contributed by atoms with Gasteiger partial charge < -0.3 is 19.0 Å². The van der Waals surface area contributed by atoms with E-state index in [4.69, 9.17) is 10.1 Å². The summed E-state index contributed by atoms with van der Waals surface area (Å²) >= 11 is 0. The van der Waals surface area contributed by atoms with Crippen LogP contribution in [0.15, 0.2) is 60.7 Å². The minimum absolute atomic E-state index is 0.0236. The Bertz CT molecular complexity index is 1560. The lowest BCUT2D eigenvalue weighted by Crippen LogP contribution is -2.28. The third-order valence-electron chi connectivity index (χ3n) is 7.20. The Hall–Kier alpha value is -3.80. The number of rotatable bonds is 8. The zero-order valence-electron chi connectivity index (χ0n) is 25.1. The SMILES string of the molecule is CC(C)COc1ccccc1Cn1c(=N)n(CC(=O)c2cc(C(C)(C)C)c(O)c(C(C)(C)C)c2)c2ccccc21. The summed E-state index contributed by atoms with van der Waals surface area (Å²) in [7, 11) is 0. The molecule has 0 bridgehead atoms. The first-order valence-electron chi connectivity index (χ1n) is 14.0. The number of nitrogens with zero attached hydrogens (tertiary/aromatic N) is 2. The van der Waals surface area contributed by atoms with Crippen LogP contribution in [0.5, 0.6) is 11.5 Å². The first kappa shape index (κ1) is 29.2. The summed E-state index contributed by atoms with van der Waals surface area (Å²) in [4.78, 5) is 13.8. The van der Waals surface area contributed by atoms with Crippen molar-refractivity contribution < 1.29 is 14.6 Å². The van der Waals surface area contributed by atoms with Gasteiger partial charge in [0.15, 0.2) is 5.78 Å². The summed E-state index contributed by atoms with van der Waals surface area (Å²) in [6.07, 6.45) is 0. The third kappa shape index (κ3) is 6.01. The average molecular weight is 542 g/mol. The van der Waals surface area contributed by atoms with Gasteiger partial charge in [0.1, 0.15) is 11.5 Å². The molecular weight excluding hydrogens is 498 g/mol. The lowest BCUT2D eigenvalue weighted by atomic mass is 9.78. The molecule has 0 amide bonds. The van der Waals surface area contributed by atoms with E-state index < -0.39 is 0 Å². The molecule has 0 unspecified atom stereocenters. The van der Waals surface area contributed by atoms with Crippen LogP contribution in [0.4, 0.5) is 0 Å². The zero-order valence-corrected chi connectivity index (χ0v) is 25.1. The Morgan fingerprint density at radius 1 is 0.875 bits per heavy atom. The molecular formula is C34H43N3O3. The van der Waals surface area contributed by atoms with E-state index in [1.54, 1.807) is 4.57 Å². The van der Waals surface area contributed by atoms with Crippen LogP contribution in [0.25, 0.3) is 11.0 Å². The molecule has 1 heterocycles. The number of ether oxygens (including phenoxy) is 1. The van der Waals surface area contributed by atoms with Crippen molar-refractivity contribution in [3.63, 3.8) is 0 Å². The smallest absolute Gasteiger partial charge is 0.203 e. The molecule has 0 saturated carbocycles. The van der Waals surface area contributed by atoms with E-state index in [9.17, 15) is 9.90 Å². The number of para-hydroxylation sites is 3. The van der Waals surface area contributed by atoms with Crippen molar-refractivity contribution in [3.8, 4) is 11.5 Å². The molecule has 0 aliphatic heterocycles. The number of carbonyl (C=O) groups is 1. The molecule has 0 fully saturated rings. The number of carbonyl (C=O) groups excluding carboxylic acids is 1. The molecule has 0 radical (unpaired) electrons. The van der Waals surface area contributed by atoms with E-state index in [1.807, 2.05) is 107 Å². The number of phenolic OH excluding ortho intramolecular Hbond substituents is 1. The number of hydrogen-bond donors (Lipinski definition) is 2. The summed E-state index contributed by atoms with van der Waals surface area (Å²) in [5.41, 5.74) is 4.31. The van der Waals surface area contributed by atoms with Gasteiger partial charge in [-0.3, -0.25) is 10.2 Å². The van der Waals surface area contributed by atoms with Crippen molar-refractivity contribution in [2.24, 2.45) is 5.92 Å². The van der Waals surface area contributed by atoms with E-state index in [0.29, 0.717) is 24.6 Å². The Kier molecular flexibility index (Phi) is 8.02. The van der Waals surface area contributed by atoms with Gasteiger partial charge in [0, 0.05) is 22.3 Å². The number of hydrogen-bond acceptors (Lipinski definition) is 4. The molecule has 0 atom stereocenters. The third-order valence-corrected chi connectivity index (χ3v) is 7.20. The maximum Gasteiger partial charge on any atom is 0.203 e. The van der Waals surface area contributed by atoms with Crippen LogP contribution >= 0.6 is 0 Å². The van der Waals surface area contributed by atoms with Crippen molar-refractivity contribution >= 4 is 16.8 Å². The molecule has 40 heavy (non-hydrogen) atoms. The van der Waals surface area contributed by atoms with Crippen LogP contribution in [0.1, 0.15) is 82.4 Å². The molecule has 0 saturated heterocycles. The highest BCUT2D eigenvalue weighted by molar-refractivity contribution is 5.97. The van der Waals surface area contributed by atoms with Crippen molar-refractivity contribution in [2.45, 2.75) is 79.3 Å². The number of benzene rings is 3. The minimum atomic E-state index is -0.338. The summed E-state index contributed by atoms with van der Waals surface area (Å²) in [5.74, 6) is 1.36. The fraction of sp³-hybridized carbons (Fsp3) is 0.412. The molecule has 1 aromatic heterocycles. The largest absolute Gasteiger partial charge is 0.507 e. The highest BCUT2D eigenvalue weighted by Crippen LogP contribution is 2.40. The maximum absolute atomic E-state index is 13.8. The number of nitrogens with one attached hydrogen (secondary N) is 1. The van der Waals surface area contributed by atoms with Gasteiger partial charge in [-0.05, 0) is 47.1 Å². The zero-order chi connectivity index (χ0) is 29.4. The molecule has 4 aromatic rings. The summed E-state index contributed by atoms with van der Waals surface area (Å²) in [6.45, 7) is 17.6. The van der Waals surface area contributed by atoms with Crippen LogP contribution in [0.2, 0.25) is 0 Å². The average Bonchev–Trinajstić information content (AvgIpc) is 3.12. The number of Topliss-reactive ketones (excluding diaryl/α,β-unsaturated/α-hetero) is 1. The topological polar surface area (TPSA) is 80.2 Å². The van der Waals surface area contributed by atoms with E-state index in [0.717, 1.165) is 33.5 Å². The predicted molar refractivity (Wildman–Crippen MR) is 161 cm³/mol. The van der Waals surface area contributed by atoms with Crippen LogP contribution in [-0.4, -0.2) is 26.6 Å². The Labute approximate surface area is 237 Å². The first-order chi connectivity index (χ1) is 18.7. The van der Waals surface area contributed by atoms with Crippen molar-refractivity contribution in [2.75, 3.05) is 6.61 Å². The van der Waals surface area contributed by atoms with Gasteiger partial charge in [-0.15, -0.1) is 0 Å². The number of aromatic nitrogens is 2. The van der Waals surface area contributed by atoms with Crippen molar-refractivity contribution in [1.29, 1.82) is 5.41 Å². The molecule has 0 spiro atoms. The van der Waals surface area contributed by atoms with Gasteiger partial charge in [0.2, 0.25) is 5.62 Å². The Morgan fingerprint density at radius 2 is 1.40 bits per heavy atom. The molecule has 0 aliphatic carbocycles. The second kappa shape index (κ2) is 11.0. The molecule has 212 valence electrons. The van der Waals surface area contributed by atoms with Gasteiger partial charge in [-0.25, -0.2) is 0 Å². The molecule has 3 aromatic carbocycles. The number of phenols is 1. The lowest BCUT2D eigenvalue weighted by molar-refractivity contribution is 0.0971. The van der Waals surface area contributed by atoms with E-state index >= 15 is 0 Å². The Morgan fingerprint density at radius 3 is 1.95 bits per heavy atom. The fourth-order valence-electron chi connectivity index (χ4n) is 4.99. The molecule has 4 rings (SSSR count). The molecule has 6 nitrogen and oxygen atoms in total. The van der Waals surface area contributed by atoms with Crippen LogP contribution < -0.4 is 10.4 Å². The summed E-state index contributed by atoms with van der Waals surface area (Å²) < 4.78 is 9.79. The second-order valence-corrected chi connectivity index (χ2v) is 13.1. The normalized spacial score (nSPS) is 12.3. The van der Waals surface area contributed by atoms with E-state index in [2.05, 4.69) is 13.8 Å². The van der Waals surface area contributed by atoms with Gasteiger partial charge >= 0.3 is 0 Å². The quantitative estimate of drug-likeness (QED) is 0.232. The standard InChI is InChI=1S/C34H43N3O3/c1-22(2)21-40-30-16-12-9-13-23(30)19-36-27-14-10-11-15-28(27)37(32(36)35)20-29(38)24-17-25(33(3,4)5)31(39)26(18-24)34(6,7)8/h9-18,22,35,39H,19-21H2,1-8H3. The highest BCUT2D eigenvalue weighted by atomic mass is 16.5. The van der Waals surface area contributed by atoms with Crippen LogP contribution in [0.3, 0.4) is 0 Å². The lowest BCUT2D eigenvalue weighted by Gasteiger charge is -2.28. The van der Waals surface area contributed by atoms with Crippen LogP contribution in [-0.2, 0) is 23.9 Å². The maximum atomic E-state index is 13.8. The highest BCUT2D eigenvalue weighted by Gasteiger charge is 2.28. The van der Waals surface area contributed by atoms with Gasteiger partial charge in [0.05, 0.1) is 30.7 Å². The van der Waals surface area contributed by atoms with Crippen molar-refractivity contribution in [3.05, 3.63) is 88.5 Å². The fourth-order valence-corrected chi connectivity index (χ4v) is 4.99. The second-order valence-electron chi connectivity index (χ2n) is 13.1. The van der Waals surface area contributed by atoms with E-state index in [-0.39, 0.29) is 34.5 Å². The number of ketones is 1. The number of aromatic hydroxyl groups is 1. The number of imidazole rings is 1. The van der Waals surface area contributed by atoms with Gasteiger partial charge in [-0.2, -0.15) is 0 Å². The van der Waals surface area contributed by atoms with Gasteiger partial charge in [0.25, 0.3) is 0 Å². The molecule has 2 N–H and O–H groups in total.